The first-order chi connectivity index (χ1) is 10.2. The lowest BCUT2D eigenvalue weighted by Gasteiger charge is -2.09. The maximum Gasteiger partial charge on any atom is 0.175 e. The Labute approximate surface area is 123 Å². The van der Waals surface area contributed by atoms with Crippen LogP contribution in [0.2, 0.25) is 0 Å². The summed E-state index contributed by atoms with van der Waals surface area (Å²) < 4.78 is 7.38. The van der Waals surface area contributed by atoms with Gasteiger partial charge in [0.1, 0.15) is 11.6 Å². The summed E-state index contributed by atoms with van der Waals surface area (Å²) in [4.78, 5) is 0. The number of hydrogen-bond acceptors (Lipinski definition) is 3. The van der Waals surface area contributed by atoms with Gasteiger partial charge in [0.15, 0.2) is 5.82 Å². The molecule has 21 heavy (non-hydrogen) atoms. The summed E-state index contributed by atoms with van der Waals surface area (Å²) in [5.41, 5.74) is 2.38. The van der Waals surface area contributed by atoms with E-state index in [4.69, 9.17) is 4.52 Å². The molecule has 3 aromatic rings. The van der Waals surface area contributed by atoms with E-state index in [2.05, 4.69) is 48.2 Å². The highest BCUT2D eigenvalue weighted by atomic mass is 16.5. The highest BCUT2D eigenvalue weighted by Gasteiger charge is 2.27. The minimum atomic E-state index is 0.566. The minimum Gasteiger partial charge on any atom is -0.359 e. The zero-order valence-corrected chi connectivity index (χ0v) is 12.0. The van der Waals surface area contributed by atoms with Crippen LogP contribution in [0.25, 0.3) is 16.7 Å². The molecule has 0 atom stereocenters. The van der Waals surface area contributed by atoms with Gasteiger partial charge in [0, 0.05) is 23.6 Å². The van der Waals surface area contributed by atoms with E-state index in [1.165, 1.54) is 23.8 Å². The Morgan fingerprint density at radius 1 is 1.33 bits per heavy atom. The van der Waals surface area contributed by atoms with Gasteiger partial charge in [-0.1, -0.05) is 23.4 Å². The van der Waals surface area contributed by atoms with Gasteiger partial charge in [-0.15, -0.1) is 0 Å². The third-order valence-corrected chi connectivity index (χ3v) is 3.92. The molecule has 0 unspecified atom stereocenters. The normalized spacial score (nSPS) is 14.5. The van der Waals surface area contributed by atoms with E-state index in [9.17, 15) is 0 Å². The maximum atomic E-state index is 5.35. The molecule has 0 spiro atoms. The van der Waals surface area contributed by atoms with Crippen LogP contribution >= 0.6 is 0 Å². The first-order valence-corrected chi connectivity index (χ1v) is 7.21. The van der Waals surface area contributed by atoms with Gasteiger partial charge in [-0.3, -0.25) is 0 Å². The van der Waals surface area contributed by atoms with Gasteiger partial charge in [0.25, 0.3) is 0 Å². The number of aromatic nitrogens is 2. The van der Waals surface area contributed by atoms with Crippen LogP contribution in [0.1, 0.15) is 30.1 Å². The fraction of sp³-hybridized carbons (Fsp3) is 0.235. The van der Waals surface area contributed by atoms with Gasteiger partial charge in [0.05, 0.1) is 5.52 Å². The van der Waals surface area contributed by atoms with Crippen molar-refractivity contribution in [1.82, 2.24) is 9.72 Å². The fourth-order valence-corrected chi connectivity index (χ4v) is 2.61. The van der Waals surface area contributed by atoms with Crippen molar-refractivity contribution in [2.75, 3.05) is 5.32 Å². The predicted octanol–water partition coefficient (Wildman–Crippen LogP) is 4.36. The second kappa shape index (κ2) is 4.52. The molecule has 1 aliphatic rings. The number of nitrogens with zero attached hydrogens (tertiary/aromatic N) is 2. The standard InChI is InChI=1S/C17H17N3O/c1-11-3-6-15-14(9-11)7-8-20(15)12(2)18-17-10-16(21-19-17)13-4-5-13/h3,6-10,13H,2,4-5H2,1H3,(H,18,19). The smallest absolute Gasteiger partial charge is 0.175 e. The second-order valence-electron chi connectivity index (χ2n) is 5.71. The number of aryl methyl sites for hydroxylation is 1. The molecule has 2 heterocycles. The molecule has 1 N–H and O–H groups in total. The van der Waals surface area contributed by atoms with Gasteiger partial charge in [-0.05, 0) is 38.0 Å². The Balaban J connectivity index is 1.60. The van der Waals surface area contributed by atoms with Crippen LogP contribution in [0.3, 0.4) is 0 Å². The van der Waals surface area contributed by atoms with Crippen molar-refractivity contribution >= 4 is 22.5 Å². The Bertz CT molecular complexity index is 824. The quantitative estimate of drug-likeness (QED) is 0.771. The Kier molecular flexibility index (Phi) is 2.64. The topological polar surface area (TPSA) is 43.0 Å². The van der Waals surface area contributed by atoms with Gasteiger partial charge in [0.2, 0.25) is 0 Å². The molecular weight excluding hydrogens is 262 g/mol. The second-order valence-corrected chi connectivity index (χ2v) is 5.71. The Morgan fingerprint density at radius 3 is 3.00 bits per heavy atom. The molecule has 4 nitrogen and oxygen atoms in total. The van der Waals surface area contributed by atoms with E-state index >= 15 is 0 Å². The first-order valence-electron chi connectivity index (χ1n) is 7.21. The summed E-state index contributed by atoms with van der Waals surface area (Å²) in [5, 5.41) is 8.48. The summed E-state index contributed by atoms with van der Waals surface area (Å²) in [6.07, 6.45) is 4.43. The van der Waals surface area contributed by atoms with Crippen LogP contribution in [0.15, 0.2) is 47.6 Å². The first kappa shape index (κ1) is 12.3. The molecule has 1 saturated carbocycles. The van der Waals surface area contributed by atoms with Crippen LogP contribution in [0.4, 0.5) is 5.82 Å². The molecule has 0 bridgehead atoms. The van der Waals surface area contributed by atoms with E-state index in [-0.39, 0.29) is 0 Å². The van der Waals surface area contributed by atoms with E-state index in [1.807, 2.05) is 16.8 Å². The van der Waals surface area contributed by atoms with Gasteiger partial charge in [-0.2, -0.15) is 0 Å². The summed E-state index contributed by atoms with van der Waals surface area (Å²) in [6.45, 7) is 6.20. The third-order valence-electron chi connectivity index (χ3n) is 3.92. The summed E-state index contributed by atoms with van der Waals surface area (Å²) in [5.74, 6) is 3.02. The van der Waals surface area contributed by atoms with Crippen LogP contribution in [-0.4, -0.2) is 9.72 Å². The summed E-state index contributed by atoms with van der Waals surface area (Å²) in [6, 6.07) is 10.4. The molecule has 0 saturated heterocycles. The molecule has 1 fully saturated rings. The zero-order chi connectivity index (χ0) is 14.4. The molecule has 0 amide bonds. The van der Waals surface area contributed by atoms with Crippen molar-refractivity contribution < 1.29 is 4.52 Å². The average molecular weight is 279 g/mol. The van der Waals surface area contributed by atoms with Gasteiger partial charge >= 0.3 is 0 Å². The SMILES string of the molecule is C=C(Nc1cc(C2CC2)on1)n1ccc2cc(C)ccc21. The van der Waals surface area contributed by atoms with E-state index in [0.29, 0.717) is 5.92 Å². The van der Waals surface area contributed by atoms with Crippen molar-refractivity contribution in [2.45, 2.75) is 25.7 Å². The summed E-state index contributed by atoms with van der Waals surface area (Å²) in [7, 11) is 0. The van der Waals surface area contributed by atoms with Crippen LogP contribution < -0.4 is 5.32 Å². The third kappa shape index (κ3) is 2.23. The van der Waals surface area contributed by atoms with Gasteiger partial charge in [-0.25, -0.2) is 0 Å². The maximum absolute atomic E-state index is 5.35. The predicted molar refractivity (Wildman–Crippen MR) is 84.1 cm³/mol. The number of fused-ring (bicyclic) bond motifs is 1. The van der Waals surface area contributed by atoms with Crippen molar-refractivity contribution in [1.29, 1.82) is 0 Å². The highest BCUT2D eigenvalue weighted by Crippen LogP contribution is 2.40. The number of anilines is 1. The number of benzene rings is 1. The van der Waals surface area contributed by atoms with Crippen LogP contribution in [0.5, 0.6) is 0 Å². The lowest BCUT2D eigenvalue weighted by atomic mass is 10.2. The molecule has 4 rings (SSSR count). The fourth-order valence-electron chi connectivity index (χ4n) is 2.61. The monoisotopic (exact) mass is 279 g/mol. The zero-order valence-electron chi connectivity index (χ0n) is 12.0. The van der Waals surface area contributed by atoms with Crippen molar-refractivity contribution in [3.63, 3.8) is 0 Å². The van der Waals surface area contributed by atoms with E-state index in [0.717, 1.165) is 22.9 Å². The molecule has 4 heteroatoms. The van der Waals surface area contributed by atoms with Crippen molar-refractivity contribution in [3.05, 3.63) is 54.4 Å². The molecule has 0 radical (unpaired) electrons. The molecular formula is C17H17N3O. The number of rotatable bonds is 4. The lowest BCUT2D eigenvalue weighted by Crippen LogP contribution is -2.04. The molecule has 106 valence electrons. The summed E-state index contributed by atoms with van der Waals surface area (Å²) >= 11 is 0. The number of hydrogen-bond donors (Lipinski definition) is 1. The Hall–Kier alpha value is -2.49. The molecule has 2 aromatic heterocycles. The molecule has 0 aliphatic heterocycles. The van der Waals surface area contributed by atoms with Crippen molar-refractivity contribution in [2.24, 2.45) is 0 Å². The van der Waals surface area contributed by atoms with Gasteiger partial charge < -0.3 is 14.4 Å². The Morgan fingerprint density at radius 2 is 2.19 bits per heavy atom. The average Bonchev–Trinajstić information content (AvgIpc) is 3.06. The van der Waals surface area contributed by atoms with E-state index in [1.54, 1.807) is 0 Å². The minimum absolute atomic E-state index is 0.566. The lowest BCUT2D eigenvalue weighted by molar-refractivity contribution is 0.387. The highest BCUT2D eigenvalue weighted by molar-refractivity contribution is 5.85. The largest absolute Gasteiger partial charge is 0.359 e. The number of nitrogens with one attached hydrogen (secondary N) is 1. The van der Waals surface area contributed by atoms with Crippen LogP contribution in [-0.2, 0) is 0 Å². The van der Waals surface area contributed by atoms with E-state index < -0.39 is 0 Å². The van der Waals surface area contributed by atoms with Crippen molar-refractivity contribution in [3.8, 4) is 0 Å². The molecule has 1 aromatic carbocycles. The van der Waals surface area contributed by atoms with Crippen LogP contribution in [0, 0.1) is 6.92 Å². The molecule has 1 aliphatic carbocycles.